The molecule has 1 aliphatic rings. The van der Waals surface area contributed by atoms with Gasteiger partial charge in [0, 0.05) is 17.1 Å². The van der Waals surface area contributed by atoms with Crippen molar-refractivity contribution in [1.29, 1.82) is 5.26 Å². The van der Waals surface area contributed by atoms with E-state index >= 15 is 0 Å². The Hall–Kier alpha value is -1.13. The lowest BCUT2D eigenvalue weighted by atomic mass is 9.78. The van der Waals surface area contributed by atoms with Gasteiger partial charge in [-0.1, -0.05) is 11.6 Å². The smallest absolute Gasteiger partial charge is 0.242 e. The van der Waals surface area contributed by atoms with Crippen LogP contribution in [0.3, 0.4) is 0 Å². The highest BCUT2D eigenvalue weighted by Gasteiger charge is 2.34. The predicted octanol–water partition coefficient (Wildman–Crippen LogP) is 1.37. The normalized spacial score (nSPS) is 17.5. The highest BCUT2D eigenvalue weighted by Crippen LogP contribution is 2.29. The maximum absolute atomic E-state index is 12.2. The van der Waals surface area contributed by atoms with Gasteiger partial charge in [0.1, 0.15) is 11.0 Å². The van der Waals surface area contributed by atoms with Gasteiger partial charge in [-0.3, -0.25) is 0 Å². The molecule has 0 amide bonds. The van der Waals surface area contributed by atoms with Gasteiger partial charge in [-0.25, -0.2) is 13.1 Å². The van der Waals surface area contributed by atoms with E-state index in [1.54, 1.807) is 0 Å². The first-order valence-corrected chi connectivity index (χ1v) is 7.71. The Labute approximate surface area is 117 Å². The molecule has 0 heterocycles. The molecule has 2 rings (SSSR count). The molecule has 1 saturated carbocycles. The molecule has 1 aromatic carbocycles. The average molecular weight is 300 g/mol. The average Bonchev–Trinajstić information content (AvgIpc) is 2.34. The van der Waals surface area contributed by atoms with Crippen molar-refractivity contribution in [2.75, 3.05) is 6.54 Å². The zero-order chi connectivity index (χ0) is 14.1. The number of sulfonamides is 1. The van der Waals surface area contributed by atoms with E-state index in [4.69, 9.17) is 22.6 Å². The van der Waals surface area contributed by atoms with Gasteiger partial charge in [-0.05, 0) is 37.5 Å². The largest absolute Gasteiger partial charge is 0.324 e. The van der Waals surface area contributed by atoms with Crippen LogP contribution in [0.15, 0.2) is 23.1 Å². The summed E-state index contributed by atoms with van der Waals surface area (Å²) in [7, 11) is -3.77. The Morgan fingerprint density at radius 1 is 1.47 bits per heavy atom. The van der Waals surface area contributed by atoms with E-state index in [-0.39, 0.29) is 22.0 Å². The van der Waals surface area contributed by atoms with Crippen LogP contribution in [-0.2, 0) is 10.0 Å². The molecule has 1 aromatic rings. The fraction of sp³-hybridized carbons (Fsp3) is 0.417. The molecule has 3 N–H and O–H groups in total. The molecule has 0 aromatic heterocycles. The standard InChI is InChI=1S/C12H14ClN3O2S/c13-10-3-2-9(7-14)11(6-10)19(17,18)16-8-12(15)4-1-5-12/h2-3,6,16H,1,4-5,8,15H2. The van der Waals surface area contributed by atoms with Crippen molar-refractivity contribution in [1.82, 2.24) is 4.72 Å². The van der Waals surface area contributed by atoms with Gasteiger partial charge in [-0.15, -0.1) is 0 Å². The number of hydrogen-bond acceptors (Lipinski definition) is 4. The van der Waals surface area contributed by atoms with Crippen molar-refractivity contribution in [3.8, 4) is 6.07 Å². The van der Waals surface area contributed by atoms with Crippen LogP contribution in [0.2, 0.25) is 5.02 Å². The molecule has 0 bridgehead atoms. The second-order valence-corrected chi connectivity index (χ2v) is 6.96. The fourth-order valence-corrected chi connectivity index (χ4v) is 3.49. The minimum absolute atomic E-state index is 0.0663. The Balaban J connectivity index is 2.24. The Morgan fingerprint density at radius 2 is 2.16 bits per heavy atom. The highest BCUT2D eigenvalue weighted by atomic mass is 35.5. The van der Waals surface area contributed by atoms with Crippen LogP contribution in [-0.4, -0.2) is 20.5 Å². The Bertz CT molecular complexity index is 633. The number of nitrogens with two attached hydrogens (primary N) is 1. The minimum Gasteiger partial charge on any atom is -0.324 e. The monoisotopic (exact) mass is 299 g/mol. The van der Waals surface area contributed by atoms with Crippen LogP contribution in [0.4, 0.5) is 0 Å². The third kappa shape index (κ3) is 3.07. The lowest BCUT2D eigenvalue weighted by Gasteiger charge is -2.38. The van der Waals surface area contributed by atoms with Crippen LogP contribution < -0.4 is 10.5 Å². The first kappa shape index (κ1) is 14.3. The second kappa shape index (κ2) is 5.10. The molecule has 0 radical (unpaired) electrons. The number of benzene rings is 1. The molecule has 1 aliphatic carbocycles. The minimum atomic E-state index is -3.77. The summed E-state index contributed by atoms with van der Waals surface area (Å²) >= 11 is 5.78. The summed E-state index contributed by atoms with van der Waals surface area (Å²) in [5, 5.41) is 9.22. The summed E-state index contributed by atoms with van der Waals surface area (Å²) in [4.78, 5) is -0.106. The van der Waals surface area contributed by atoms with Crippen molar-refractivity contribution < 1.29 is 8.42 Å². The number of halogens is 1. The summed E-state index contributed by atoms with van der Waals surface area (Å²) in [5.41, 5.74) is 5.58. The van der Waals surface area contributed by atoms with Crippen molar-refractivity contribution >= 4 is 21.6 Å². The molecular weight excluding hydrogens is 286 g/mol. The summed E-state index contributed by atoms with van der Waals surface area (Å²) in [6, 6.07) is 5.98. The van der Waals surface area contributed by atoms with E-state index in [1.165, 1.54) is 18.2 Å². The van der Waals surface area contributed by atoms with Gasteiger partial charge in [0.05, 0.1) is 5.56 Å². The summed E-state index contributed by atoms with van der Waals surface area (Å²) in [5.74, 6) is 0. The van der Waals surface area contributed by atoms with Crippen molar-refractivity contribution in [3.05, 3.63) is 28.8 Å². The lowest BCUT2D eigenvalue weighted by Crippen LogP contribution is -2.54. The highest BCUT2D eigenvalue weighted by molar-refractivity contribution is 7.89. The summed E-state index contributed by atoms with van der Waals surface area (Å²) < 4.78 is 26.8. The molecule has 102 valence electrons. The SMILES string of the molecule is N#Cc1ccc(Cl)cc1S(=O)(=O)NCC1(N)CCC1. The summed E-state index contributed by atoms with van der Waals surface area (Å²) in [6.07, 6.45) is 2.62. The van der Waals surface area contributed by atoms with Gasteiger partial charge in [0.25, 0.3) is 0 Å². The third-order valence-electron chi connectivity index (χ3n) is 3.32. The molecule has 5 nitrogen and oxygen atoms in total. The van der Waals surface area contributed by atoms with Gasteiger partial charge in [0.15, 0.2) is 0 Å². The maximum Gasteiger partial charge on any atom is 0.242 e. The first-order valence-electron chi connectivity index (χ1n) is 5.85. The molecular formula is C12H14ClN3O2S. The Kier molecular flexibility index (Phi) is 3.83. The molecule has 0 aliphatic heterocycles. The number of nitriles is 1. The zero-order valence-corrected chi connectivity index (χ0v) is 11.8. The number of rotatable bonds is 4. The molecule has 0 spiro atoms. The number of hydrogen-bond donors (Lipinski definition) is 2. The van der Waals surface area contributed by atoms with Gasteiger partial charge in [-0.2, -0.15) is 5.26 Å². The van der Waals surface area contributed by atoms with Crippen LogP contribution >= 0.6 is 11.6 Å². The molecule has 19 heavy (non-hydrogen) atoms. The van der Waals surface area contributed by atoms with E-state index in [9.17, 15) is 8.42 Å². The van der Waals surface area contributed by atoms with E-state index < -0.39 is 15.6 Å². The van der Waals surface area contributed by atoms with Crippen LogP contribution in [0.25, 0.3) is 0 Å². The van der Waals surface area contributed by atoms with E-state index in [1.807, 2.05) is 6.07 Å². The quantitative estimate of drug-likeness (QED) is 0.877. The van der Waals surface area contributed by atoms with Gasteiger partial charge >= 0.3 is 0 Å². The van der Waals surface area contributed by atoms with Crippen molar-refractivity contribution in [2.24, 2.45) is 5.73 Å². The van der Waals surface area contributed by atoms with Crippen molar-refractivity contribution in [2.45, 2.75) is 29.7 Å². The zero-order valence-electron chi connectivity index (χ0n) is 10.2. The van der Waals surface area contributed by atoms with Crippen LogP contribution in [0, 0.1) is 11.3 Å². The summed E-state index contributed by atoms with van der Waals surface area (Å²) in [6.45, 7) is 0.173. The van der Waals surface area contributed by atoms with E-state index in [2.05, 4.69) is 4.72 Å². The van der Waals surface area contributed by atoms with Crippen molar-refractivity contribution in [3.63, 3.8) is 0 Å². The number of nitrogens with one attached hydrogen (secondary N) is 1. The lowest BCUT2D eigenvalue weighted by molar-refractivity contribution is 0.251. The molecule has 0 atom stereocenters. The van der Waals surface area contributed by atoms with Crippen LogP contribution in [0.5, 0.6) is 0 Å². The maximum atomic E-state index is 12.2. The first-order chi connectivity index (χ1) is 8.86. The Morgan fingerprint density at radius 3 is 2.68 bits per heavy atom. The van der Waals surface area contributed by atoms with E-state index in [0.717, 1.165) is 19.3 Å². The fourth-order valence-electron chi connectivity index (χ4n) is 1.94. The molecule has 1 fully saturated rings. The molecule has 0 unspecified atom stereocenters. The number of nitrogens with zero attached hydrogens (tertiary/aromatic N) is 1. The molecule has 7 heteroatoms. The second-order valence-electron chi connectivity index (χ2n) is 4.79. The van der Waals surface area contributed by atoms with Crippen LogP contribution in [0.1, 0.15) is 24.8 Å². The third-order valence-corrected chi connectivity index (χ3v) is 4.99. The van der Waals surface area contributed by atoms with Gasteiger partial charge < -0.3 is 5.73 Å². The topological polar surface area (TPSA) is 96.0 Å². The molecule has 0 saturated heterocycles. The van der Waals surface area contributed by atoms with E-state index in [0.29, 0.717) is 0 Å². The predicted molar refractivity (Wildman–Crippen MR) is 72.1 cm³/mol. The van der Waals surface area contributed by atoms with Gasteiger partial charge in [0.2, 0.25) is 10.0 Å².